The van der Waals surface area contributed by atoms with Crippen molar-refractivity contribution in [1.82, 2.24) is 0 Å². The lowest BCUT2D eigenvalue weighted by Crippen LogP contribution is -2.49. The maximum Gasteiger partial charge on any atom is 0.190 e. The van der Waals surface area contributed by atoms with E-state index in [2.05, 4.69) is 6.92 Å². The van der Waals surface area contributed by atoms with Gasteiger partial charge in [-0.1, -0.05) is 31.2 Å². The molecule has 2 saturated heterocycles. The summed E-state index contributed by atoms with van der Waals surface area (Å²) < 4.78 is 41.7. The molecule has 2 aliphatic heterocycles. The van der Waals surface area contributed by atoms with Crippen LogP contribution in [0, 0.1) is 0 Å². The van der Waals surface area contributed by atoms with Gasteiger partial charge in [-0.2, -0.15) is 0 Å². The minimum absolute atomic E-state index is 0.331. The van der Waals surface area contributed by atoms with Crippen molar-refractivity contribution < 1.29 is 33.2 Å². The molecule has 2 fully saturated rings. The highest BCUT2D eigenvalue weighted by Crippen LogP contribution is 2.45. The van der Waals surface area contributed by atoms with Gasteiger partial charge in [-0.05, 0) is 55.7 Å². The number of methoxy groups -OCH3 is 2. The average Bonchev–Trinajstić information content (AvgIpc) is 3.27. The lowest BCUT2D eigenvalue weighted by molar-refractivity contribution is -0.255. The van der Waals surface area contributed by atoms with Crippen molar-refractivity contribution in [2.75, 3.05) is 20.8 Å². The molecule has 7 nitrogen and oxygen atoms in total. The molecule has 0 N–H and O–H groups in total. The molecule has 7 heteroatoms. The van der Waals surface area contributed by atoms with Crippen molar-refractivity contribution in [1.29, 1.82) is 0 Å². The fourth-order valence-electron chi connectivity index (χ4n) is 4.37. The van der Waals surface area contributed by atoms with Crippen molar-refractivity contribution in [3.05, 3.63) is 59.7 Å². The normalized spacial score (nSPS) is 28.0. The summed E-state index contributed by atoms with van der Waals surface area (Å²) in [6.45, 7) is 7.11. The fourth-order valence-corrected chi connectivity index (χ4v) is 4.37. The fraction of sp³-hybridized carbons (Fsp3) is 0.538. The van der Waals surface area contributed by atoms with Crippen molar-refractivity contribution in [2.24, 2.45) is 0 Å². The molecular formula is C26H34O7. The average molecular weight is 459 g/mol. The Morgan fingerprint density at radius 2 is 1.36 bits per heavy atom. The van der Waals surface area contributed by atoms with Gasteiger partial charge in [-0.15, -0.1) is 0 Å². The van der Waals surface area contributed by atoms with Gasteiger partial charge in [0.2, 0.25) is 0 Å². The van der Waals surface area contributed by atoms with Crippen molar-refractivity contribution >= 4 is 0 Å². The van der Waals surface area contributed by atoms with E-state index in [4.69, 9.17) is 33.2 Å². The number of fused-ring (bicyclic) bond motifs is 1. The Balaban J connectivity index is 1.45. The molecule has 0 bridgehead atoms. The molecule has 0 radical (unpaired) electrons. The van der Waals surface area contributed by atoms with Crippen LogP contribution >= 0.6 is 0 Å². The lowest BCUT2D eigenvalue weighted by Gasteiger charge is -2.36. The minimum Gasteiger partial charge on any atom is -0.497 e. The number of hydrogen-bond donors (Lipinski definition) is 0. The Hall–Kier alpha value is -2.16. The second-order valence-electron chi connectivity index (χ2n) is 8.93. The van der Waals surface area contributed by atoms with Crippen LogP contribution < -0.4 is 9.47 Å². The summed E-state index contributed by atoms with van der Waals surface area (Å²) in [6.07, 6.45) is -0.469. The standard InChI is InChI=1S/C26H34O7/c1-6-26(17-29-15-18-7-11-20(27-4)12-8-18)23(22-24(33-26)32-25(2,3)31-22)30-16-19-9-13-21(28-5)14-10-19/h7-14,22-24H,6,15-17H2,1-5H3/t22-,23?,24-,26+/m0/s1. The van der Waals surface area contributed by atoms with Gasteiger partial charge in [0, 0.05) is 0 Å². The van der Waals surface area contributed by atoms with Crippen LogP contribution in [0.5, 0.6) is 11.5 Å². The summed E-state index contributed by atoms with van der Waals surface area (Å²) >= 11 is 0. The van der Waals surface area contributed by atoms with Crippen molar-refractivity contribution in [3.63, 3.8) is 0 Å². The van der Waals surface area contributed by atoms with E-state index < -0.39 is 17.7 Å². The van der Waals surface area contributed by atoms with Crippen molar-refractivity contribution in [3.8, 4) is 11.5 Å². The molecule has 4 atom stereocenters. The van der Waals surface area contributed by atoms with E-state index in [-0.39, 0.29) is 12.2 Å². The predicted molar refractivity (Wildman–Crippen MR) is 122 cm³/mol. The number of benzene rings is 2. The van der Waals surface area contributed by atoms with E-state index in [1.807, 2.05) is 62.4 Å². The molecule has 180 valence electrons. The summed E-state index contributed by atoms with van der Waals surface area (Å²) in [4.78, 5) is 0. The van der Waals surface area contributed by atoms with Gasteiger partial charge in [0.25, 0.3) is 0 Å². The van der Waals surface area contributed by atoms with Crippen LogP contribution in [0.1, 0.15) is 38.3 Å². The minimum atomic E-state index is -0.721. The van der Waals surface area contributed by atoms with E-state index in [1.54, 1.807) is 14.2 Å². The molecule has 2 heterocycles. The first kappa shape index (κ1) is 24.0. The summed E-state index contributed by atoms with van der Waals surface area (Å²) in [7, 11) is 3.31. The Morgan fingerprint density at radius 1 is 0.788 bits per heavy atom. The first-order valence-corrected chi connectivity index (χ1v) is 11.4. The van der Waals surface area contributed by atoms with Crippen LogP contribution in [0.4, 0.5) is 0 Å². The second-order valence-corrected chi connectivity index (χ2v) is 8.93. The molecule has 4 rings (SSSR count). The van der Waals surface area contributed by atoms with Crippen LogP contribution in [0.25, 0.3) is 0 Å². The van der Waals surface area contributed by atoms with E-state index >= 15 is 0 Å². The molecule has 33 heavy (non-hydrogen) atoms. The van der Waals surface area contributed by atoms with Crippen LogP contribution in [-0.2, 0) is 36.9 Å². The monoisotopic (exact) mass is 458 g/mol. The molecule has 0 amide bonds. The molecule has 2 aromatic carbocycles. The molecule has 2 aromatic rings. The quantitative estimate of drug-likeness (QED) is 0.521. The zero-order chi connectivity index (χ0) is 23.5. The largest absolute Gasteiger partial charge is 0.497 e. The number of ether oxygens (including phenoxy) is 7. The molecule has 1 unspecified atom stereocenters. The van der Waals surface area contributed by atoms with Crippen molar-refractivity contribution in [2.45, 2.75) is 70.3 Å². The van der Waals surface area contributed by atoms with E-state index in [9.17, 15) is 0 Å². The van der Waals surface area contributed by atoms with E-state index in [1.165, 1.54) is 0 Å². The maximum atomic E-state index is 6.44. The highest BCUT2D eigenvalue weighted by atomic mass is 16.8. The van der Waals surface area contributed by atoms with Gasteiger partial charge in [0.05, 0.1) is 34.0 Å². The van der Waals surface area contributed by atoms with Gasteiger partial charge in [0.1, 0.15) is 29.3 Å². The van der Waals surface area contributed by atoms with E-state index in [0.717, 1.165) is 22.6 Å². The second kappa shape index (κ2) is 9.99. The molecule has 0 aliphatic carbocycles. The topological polar surface area (TPSA) is 64.6 Å². The van der Waals surface area contributed by atoms with E-state index in [0.29, 0.717) is 26.2 Å². The molecular weight excluding hydrogens is 424 g/mol. The van der Waals surface area contributed by atoms with Gasteiger partial charge in [0.15, 0.2) is 12.1 Å². The van der Waals surface area contributed by atoms with Crippen LogP contribution in [-0.4, -0.2) is 50.7 Å². The highest BCUT2D eigenvalue weighted by molar-refractivity contribution is 5.27. The Kier molecular flexibility index (Phi) is 7.26. The van der Waals surface area contributed by atoms with Gasteiger partial charge >= 0.3 is 0 Å². The molecule has 0 spiro atoms. The third kappa shape index (κ3) is 5.34. The van der Waals surface area contributed by atoms with Crippen LogP contribution in [0.15, 0.2) is 48.5 Å². The number of rotatable bonds is 10. The third-order valence-electron chi connectivity index (χ3n) is 6.22. The Morgan fingerprint density at radius 3 is 1.91 bits per heavy atom. The SMILES string of the molecule is CC[C@]1(COCc2ccc(OC)cc2)O[C@@H]2OC(C)(C)O[C@H]2C1OCc1ccc(OC)cc1. The Labute approximate surface area is 195 Å². The van der Waals surface area contributed by atoms with Crippen LogP contribution in [0.3, 0.4) is 0 Å². The lowest BCUT2D eigenvalue weighted by atomic mass is 9.93. The first-order chi connectivity index (χ1) is 15.9. The number of hydrogen-bond acceptors (Lipinski definition) is 7. The first-order valence-electron chi connectivity index (χ1n) is 11.4. The predicted octanol–water partition coefficient (Wildman–Crippen LogP) is 4.46. The summed E-state index contributed by atoms with van der Waals surface area (Å²) in [6, 6.07) is 15.7. The van der Waals surface area contributed by atoms with Gasteiger partial charge < -0.3 is 33.2 Å². The summed E-state index contributed by atoms with van der Waals surface area (Å²) in [5, 5.41) is 0. The Bertz CT molecular complexity index is 896. The van der Waals surface area contributed by atoms with Gasteiger partial charge in [-0.25, -0.2) is 0 Å². The summed E-state index contributed by atoms with van der Waals surface area (Å²) in [5.74, 6) is 0.910. The summed E-state index contributed by atoms with van der Waals surface area (Å²) in [5.41, 5.74) is 1.43. The molecule has 0 saturated carbocycles. The molecule has 2 aliphatic rings. The zero-order valence-electron chi connectivity index (χ0n) is 20.0. The zero-order valence-corrected chi connectivity index (χ0v) is 20.0. The third-order valence-corrected chi connectivity index (χ3v) is 6.22. The van der Waals surface area contributed by atoms with Gasteiger partial charge in [-0.3, -0.25) is 0 Å². The highest BCUT2D eigenvalue weighted by Gasteiger charge is 2.62. The molecule has 0 aromatic heterocycles. The maximum absolute atomic E-state index is 6.44. The smallest absolute Gasteiger partial charge is 0.190 e. The van der Waals surface area contributed by atoms with Crippen LogP contribution in [0.2, 0.25) is 0 Å².